The van der Waals surface area contributed by atoms with E-state index in [-0.39, 0.29) is 33.5 Å². The van der Waals surface area contributed by atoms with Crippen LogP contribution in [0.1, 0.15) is 16.7 Å². The Morgan fingerprint density at radius 1 is 0.833 bits per heavy atom. The first-order valence-electron chi connectivity index (χ1n) is 8.04. The maximum absolute atomic E-state index is 13.7. The third-order valence-corrected chi connectivity index (χ3v) is 4.21. The molecule has 0 amide bonds. The van der Waals surface area contributed by atoms with Gasteiger partial charge in [0.05, 0.1) is 16.8 Å². The SMILES string of the molecule is N#Cc1c(N)nc(-c2cc(F)c(F)c(F)c2)c(C#N)c1-c1ccc(C(F)(F)F)cc1. The highest BCUT2D eigenvalue weighted by molar-refractivity contribution is 5.87. The molecule has 4 nitrogen and oxygen atoms in total. The molecule has 1 heterocycles. The average molecular weight is 418 g/mol. The van der Waals surface area contributed by atoms with Crippen molar-refractivity contribution < 1.29 is 26.3 Å². The van der Waals surface area contributed by atoms with Crippen LogP contribution in [0.5, 0.6) is 0 Å². The standard InChI is InChI=1S/C20H8F6N4/c21-14-5-10(6-15(22)17(14)23)18-12(7-27)16(13(8-28)19(29)30-18)9-1-3-11(4-2-9)20(24,25)26/h1-6H,(H2,29,30). The molecule has 0 bridgehead atoms. The van der Waals surface area contributed by atoms with Gasteiger partial charge in [0.2, 0.25) is 0 Å². The molecule has 0 fully saturated rings. The Morgan fingerprint density at radius 3 is 1.83 bits per heavy atom. The molecule has 1 aromatic heterocycles. The van der Waals surface area contributed by atoms with Crippen molar-refractivity contribution in [2.75, 3.05) is 5.73 Å². The van der Waals surface area contributed by atoms with E-state index in [1.165, 1.54) is 0 Å². The van der Waals surface area contributed by atoms with Crippen molar-refractivity contribution in [1.29, 1.82) is 10.5 Å². The summed E-state index contributed by atoms with van der Waals surface area (Å²) in [6, 6.07) is 8.16. The summed E-state index contributed by atoms with van der Waals surface area (Å²) < 4.78 is 79.1. The van der Waals surface area contributed by atoms with E-state index in [4.69, 9.17) is 5.73 Å². The van der Waals surface area contributed by atoms with E-state index in [0.29, 0.717) is 12.1 Å². The lowest BCUT2D eigenvalue weighted by Gasteiger charge is -2.14. The maximum atomic E-state index is 13.7. The number of alkyl halides is 3. The highest BCUT2D eigenvalue weighted by Crippen LogP contribution is 2.38. The average Bonchev–Trinajstić information content (AvgIpc) is 2.70. The Labute approximate surface area is 165 Å². The summed E-state index contributed by atoms with van der Waals surface area (Å²) in [5.41, 5.74) is 3.27. The van der Waals surface area contributed by atoms with Gasteiger partial charge < -0.3 is 5.73 Å². The first-order valence-corrected chi connectivity index (χ1v) is 8.04. The van der Waals surface area contributed by atoms with Gasteiger partial charge in [-0.15, -0.1) is 0 Å². The number of nitriles is 2. The van der Waals surface area contributed by atoms with Crippen molar-refractivity contribution >= 4 is 5.82 Å². The number of nitrogens with two attached hydrogens (primary N) is 1. The van der Waals surface area contributed by atoms with Crippen LogP contribution in [-0.2, 0) is 6.18 Å². The molecule has 0 unspecified atom stereocenters. The van der Waals surface area contributed by atoms with Crippen molar-refractivity contribution in [2.45, 2.75) is 6.18 Å². The minimum atomic E-state index is -4.61. The van der Waals surface area contributed by atoms with Crippen LogP contribution in [0.25, 0.3) is 22.4 Å². The van der Waals surface area contributed by atoms with Gasteiger partial charge in [-0.25, -0.2) is 18.2 Å². The van der Waals surface area contributed by atoms with Crippen LogP contribution < -0.4 is 5.73 Å². The number of nitrogens with zero attached hydrogens (tertiary/aromatic N) is 3. The summed E-state index contributed by atoms with van der Waals surface area (Å²) in [6.45, 7) is 0. The van der Waals surface area contributed by atoms with Gasteiger partial charge in [0, 0.05) is 11.1 Å². The number of rotatable bonds is 2. The second-order valence-electron chi connectivity index (χ2n) is 6.02. The lowest BCUT2D eigenvalue weighted by Crippen LogP contribution is -2.06. The predicted molar refractivity (Wildman–Crippen MR) is 93.8 cm³/mol. The molecule has 3 rings (SSSR count). The molecule has 0 radical (unpaired) electrons. The first kappa shape index (κ1) is 20.7. The Kier molecular flexibility index (Phi) is 5.11. The van der Waals surface area contributed by atoms with Crippen molar-refractivity contribution in [1.82, 2.24) is 4.98 Å². The number of benzene rings is 2. The van der Waals surface area contributed by atoms with Gasteiger partial charge in [0.25, 0.3) is 0 Å². The minimum Gasteiger partial charge on any atom is -0.383 e. The molecule has 0 aliphatic heterocycles. The van der Waals surface area contributed by atoms with E-state index >= 15 is 0 Å². The lowest BCUT2D eigenvalue weighted by molar-refractivity contribution is -0.137. The summed E-state index contributed by atoms with van der Waals surface area (Å²) in [7, 11) is 0. The van der Waals surface area contributed by atoms with Crippen molar-refractivity contribution in [3.05, 3.63) is 70.5 Å². The molecular formula is C20H8F6N4. The van der Waals surface area contributed by atoms with E-state index < -0.39 is 35.0 Å². The van der Waals surface area contributed by atoms with Crippen molar-refractivity contribution in [2.24, 2.45) is 0 Å². The molecule has 0 saturated carbocycles. The van der Waals surface area contributed by atoms with E-state index in [0.717, 1.165) is 24.3 Å². The highest BCUT2D eigenvalue weighted by Gasteiger charge is 2.30. The largest absolute Gasteiger partial charge is 0.416 e. The summed E-state index contributed by atoms with van der Waals surface area (Å²) in [5.74, 6) is -5.25. The zero-order valence-electron chi connectivity index (χ0n) is 14.7. The number of hydrogen-bond donors (Lipinski definition) is 1. The van der Waals surface area contributed by atoms with Crippen LogP contribution in [0.3, 0.4) is 0 Å². The van der Waals surface area contributed by atoms with Gasteiger partial charge in [-0.3, -0.25) is 0 Å². The molecule has 2 aromatic carbocycles. The third kappa shape index (κ3) is 3.51. The second-order valence-corrected chi connectivity index (χ2v) is 6.02. The fraction of sp³-hybridized carbons (Fsp3) is 0.0500. The zero-order chi connectivity index (χ0) is 22.2. The van der Waals surface area contributed by atoms with E-state index in [1.54, 1.807) is 12.1 Å². The minimum absolute atomic E-state index is 0.0227. The van der Waals surface area contributed by atoms with Crippen LogP contribution >= 0.6 is 0 Å². The molecule has 10 heteroatoms. The van der Waals surface area contributed by atoms with Crippen molar-refractivity contribution in [3.63, 3.8) is 0 Å². The number of aromatic nitrogens is 1. The van der Waals surface area contributed by atoms with Gasteiger partial charge >= 0.3 is 6.18 Å². The van der Waals surface area contributed by atoms with Crippen LogP contribution in [0.15, 0.2) is 36.4 Å². The predicted octanol–water partition coefficient (Wildman–Crippen LogP) is 5.18. The number of hydrogen-bond acceptors (Lipinski definition) is 4. The normalized spacial score (nSPS) is 11.1. The second kappa shape index (κ2) is 7.41. The van der Waals surface area contributed by atoms with Crippen LogP contribution in [-0.4, -0.2) is 4.98 Å². The summed E-state index contributed by atoms with van der Waals surface area (Å²) in [4.78, 5) is 3.84. The van der Waals surface area contributed by atoms with Crippen LogP contribution in [0, 0.1) is 40.1 Å². The summed E-state index contributed by atoms with van der Waals surface area (Å²) in [6.07, 6.45) is -4.61. The summed E-state index contributed by atoms with van der Waals surface area (Å²) in [5, 5.41) is 19.0. The molecule has 0 aliphatic carbocycles. The van der Waals surface area contributed by atoms with E-state index in [1.807, 2.05) is 0 Å². The molecule has 150 valence electrons. The molecule has 0 aliphatic rings. The fourth-order valence-electron chi connectivity index (χ4n) is 2.84. The number of pyridine rings is 1. The Bertz CT molecular complexity index is 1210. The van der Waals surface area contributed by atoms with Crippen molar-refractivity contribution in [3.8, 4) is 34.5 Å². The van der Waals surface area contributed by atoms with Gasteiger partial charge in [-0.1, -0.05) is 12.1 Å². The molecule has 30 heavy (non-hydrogen) atoms. The molecule has 0 atom stereocenters. The Balaban J connectivity index is 2.34. The highest BCUT2D eigenvalue weighted by atomic mass is 19.4. The first-order chi connectivity index (χ1) is 14.1. The van der Waals surface area contributed by atoms with Crippen LogP contribution in [0.2, 0.25) is 0 Å². The summed E-state index contributed by atoms with van der Waals surface area (Å²) >= 11 is 0. The molecule has 2 N–H and O–H groups in total. The van der Waals surface area contributed by atoms with E-state index in [9.17, 15) is 36.9 Å². The van der Waals surface area contributed by atoms with Gasteiger partial charge in [0.15, 0.2) is 17.5 Å². The fourth-order valence-corrected chi connectivity index (χ4v) is 2.84. The molecule has 0 saturated heterocycles. The molecule has 0 spiro atoms. The number of nitrogen functional groups attached to an aromatic ring is 1. The number of halogens is 6. The van der Waals surface area contributed by atoms with E-state index in [2.05, 4.69) is 4.98 Å². The third-order valence-electron chi connectivity index (χ3n) is 4.21. The Hall–Kier alpha value is -4.05. The Morgan fingerprint density at radius 2 is 1.37 bits per heavy atom. The topological polar surface area (TPSA) is 86.5 Å². The quantitative estimate of drug-likeness (QED) is 0.459. The van der Waals surface area contributed by atoms with Gasteiger partial charge in [-0.2, -0.15) is 23.7 Å². The van der Waals surface area contributed by atoms with Gasteiger partial charge in [-0.05, 0) is 29.8 Å². The number of anilines is 1. The maximum Gasteiger partial charge on any atom is 0.416 e. The monoisotopic (exact) mass is 418 g/mol. The van der Waals surface area contributed by atoms with Crippen LogP contribution in [0.4, 0.5) is 32.2 Å². The smallest absolute Gasteiger partial charge is 0.383 e. The molecule has 3 aromatic rings. The zero-order valence-corrected chi connectivity index (χ0v) is 14.7. The van der Waals surface area contributed by atoms with Gasteiger partial charge in [0.1, 0.15) is 23.5 Å². The molecular weight excluding hydrogens is 410 g/mol. The lowest BCUT2D eigenvalue weighted by atomic mass is 9.92.